The number of hydrogen-bond donors (Lipinski definition) is 1. The van der Waals surface area contributed by atoms with Crippen LogP contribution in [0.1, 0.15) is 24.3 Å². The molecule has 2 rings (SSSR count). The van der Waals surface area contributed by atoms with Crippen LogP contribution in [-0.2, 0) is 4.79 Å². The van der Waals surface area contributed by atoms with E-state index in [1.54, 1.807) is 12.1 Å². The summed E-state index contributed by atoms with van der Waals surface area (Å²) in [6.07, 6.45) is 1.15. The lowest BCUT2D eigenvalue weighted by Gasteiger charge is -2.22. The Morgan fingerprint density at radius 1 is 1.50 bits per heavy atom. The highest BCUT2D eigenvalue weighted by molar-refractivity contribution is 5.77. The van der Waals surface area contributed by atoms with E-state index < -0.39 is 0 Å². The molecule has 1 aromatic rings. The van der Waals surface area contributed by atoms with Gasteiger partial charge in [-0.15, -0.1) is 0 Å². The second-order valence-electron chi connectivity index (χ2n) is 3.93. The zero-order valence-corrected chi connectivity index (χ0v) is 9.13. The van der Waals surface area contributed by atoms with Crippen LogP contribution < -0.4 is 10.1 Å². The average molecular weight is 223 g/mol. The fourth-order valence-corrected chi connectivity index (χ4v) is 2.02. The molecule has 0 bridgehead atoms. The molecule has 16 heavy (non-hydrogen) atoms. The van der Waals surface area contributed by atoms with Crippen molar-refractivity contribution in [3.63, 3.8) is 0 Å². The maximum absolute atomic E-state index is 13.7. The van der Waals surface area contributed by atoms with Crippen LogP contribution in [0.4, 0.5) is 4.39 Å². The Morgan fingerprint density at radius 2 is 2.31 bits per heavy atom. The normalized spacial score (nSPS) is 20.4. The van der Waals surface area contributed by atoms with Crippen molar-refractivity contribution in [1.29, 1.82) is 0 Å². The van der Waals surface area contributed by atoms with Gasteiger partial charge in [0.2, 0.25) is 5.91 Å². The largest absolute Gasteiger partial charge is 0.497 e. The molecule has 4 heteroatoms. The van der Waals surface area contributed by atoms with Gasteiger partial charge in [0.1, 0.15) is 11.6 Å². The van der Waals surface area contributed by atoms with Gasteiger partial charge in [-0.05, 0) is 24.0 Å². The second kappa shape index (κ2) is 4.51. The quantitative estimate of drug-likeness (QED) is 0.830. The summed E-state index contributed by atoms with van der Waals surface area (Å²) in [6, 6.07) is 4.80. The standard InChI is InChI=1S/C12H14FNO2/c1-16-9-2-3-10(11(13)7-9)8-4-5-14-12(15)6-8/h2-3,7-8H,4-6H2,1H3,(H,14,15). The van der Waals surface area contributed by atoms with Crippen LogP contribution in [0.2, 0.25) is 0 Å². The molecule has 1 aromatic carbocycles. The summed E-state index contributed by atoms with van der Waals surface area (Å²) in [5, 5.41) is 2.74. The number of ether oxygens (including phenoxy) is 1. The molecule has 1 amide bonds. The number of amides is 1. The predicted molar refractivity (Wildman–Crippen MR) is 57.9 cm³/mol. The number of carbonyl (C=O) groups is 1. The molecule has 0 spiro atoms. The lowest BCUT2D eigenvalue weighted by atomic mass is 9.89. The van der Waals surface area contributed by atoms with Crippen molar-refractivity contribution in [1.82, 2.24) is 5.32 Å². The SMILES string of the molecule is COc1ccc(C2CCNC(=O)C2)c(F)c1. The maximum Gasteiger partial charge on any atom is 0.220 e. The first-order valence-electron chi connectivity index (χ1n) is 5.31. The minimum absolute atomic E-state index is 0.00790. The molecule has 1 saturated heterocycles. The summed E-state index contributed by atoms with van der Waals surface area (Å²) < 4.78 is 18.7. The van der Waals surface area contributed by atoms with Crippen molar-refractivity contribution in [2.24, 2.45) is 0 Å². The van der Waals surface area contributed by atoms with E-state index in [-0.39, 0.29) is 17.6 Å². The van der Waals surface area contributed by atoms with E-state index in [1.165, 1.54) is 13.2 Å². The first-order valence-corrected chi connectivity index (χ1v) is 5.31. The zero-order chi connectivity index (χ0) is 11.5. The molecule has 1 aliphatic heterocycles. The number of nitrogens with one attached hydrogen (secondary N) is 1. The summed E-state index contributed by atoms with van der Waals surface area (Å²) >= 11 is 0. The van der Waals surface area contributed by atoms with Crippen molar-refractivity contribution in [3.05, 3.63) is 29.6 Å². The summed E-state index contributed by atoms with van der Waals surface area (Å²) in [7, 11) is 1.50. The average Bonchev–Trinajstić information content (AvgIpc) is 2.28. The molecule has 3 nitrogen and oxygen atoms in total. The van der Waals surface area contributed by atoms with Crippen LogP contribution in [0.25, 0.3) is 0 Å². The maximum atomic E-state index is 13.7. The Bertz CT molecular complexity index is 406. The third-order valence-corrected chi connectivity index (χ3v) is 2.89. The minimum atomic E-state index is -0.293. The summed E-state index contributed by atoms with van der Waals surface area (Å²) in [5.41, 5.74) is 0.607. The van der Waals surface area contributed by atoms with E-state index in [1.807, 2.05) is 0 Å². The molecule has 1 unspecified atom stereocenters. The number of methoxy groups -OCH3 is 1. The molecular weight excluding hydrogens is 209 g/mol. The van der Waals surface area contributed by atoms with Crippen molar-refractivity contribution >= 4 is 5.91 Å². The zero-order valence-electron chi connectivity index (χ0n) is 9.13. The molecule has 86 valence electrons. The van der Waals surface area contributed by atoms with Gasteiger partial charge in [0.25, 0.3) is 0 Å². The highest BCUT2D eigenvalue weighted by Gasteiger charge is 2.23. The molecule has 0 saturated carbocycles. The number of carbonyl (C=O) groups excluding carboxylic acids is 1. The Balaban J connectivity index is 2.22. The number of benzene rings is 1. The van der Waals surface area contributed by atoms with Crippen molar-refractivity contribution in [2.45, 2.75) is 18.8 Å². The topological polar surface area (TPSA) is 38.3 Å². The van der Waals surface area contributed by atoms with Crippen molar-refractivity contribution in [2.75, 3.05) is 13.7 Å². The second-order valence-corrected chi connectivity index (χ2v) is 3.93. The van der Waals surface area contributed by atoms with Crippen LogP contribution in [0.5, 0.6) is 5.75 Å². The van der Waals surface area contributed by atoms with Crippen molar-refractivity contribution < 1.29 is 13.9 Å². The molecule has 0 aliphatic carbocycles. The highest BCUT2D eigenvalue weighted by Crippen LogP contribution is 2.29. The van der Waals surface area contributed by atoms with E-state index in [0.29, 0.717) is 24.3 Å². The molecule has 0 aromatic heterocycles. The van der Waals surface area contributed by atoms with Crippen LogP contribution in [0.15, 0.2) is 18.2 Å². The van der Waals surface area contributed by atoms with Crippen LogP contribution in [-0.4, -0.2) is 19.6 Å². The van der Waals surface area contributed by atoms with Gasteiger partial charge in [-0.25, -0.2) is 4.39 Å². The number of halogens is 1. The monoisotopic (exact) mass is 223 g/mol. The molecular formula is C12H14FNO2. The molecule has 1 heterocycles. The van der Waals surface area contributed by atoms with Gasteiger partial charge in [-0.1, -0.05) is 6.07 Å². The summed E-state index contributed by atoms with van der Waals surface area (Å²) in [6.45, 7) is 0.620. The lowest BCUT2D eigenvalue weighted by molar-refractivity contribution is -0.122. The van der Waals surface area contributed by atoms with E-state index >= 15 is 0 Å². The summed E-state index contributed by atoms with van der Waals surface area (Å²) in [5.74, 6) is 0.187. The van der Waals surface area contributed by atoms with Gasteiger partial charge < -0.3 is 10.1 Å². The lowest BCUT2D eigenvalue weighted by Crippen LogP contribution is -2.32. The van der Waals surface area contributed by atoms with Gasteiger partial charge in [0.05, 0.1) is 7.11 Å². The number of hydrogen-bond acceptors (Lipinski definition) is 2. The van der Waals surface area contributed by atoms with Gasteiger partial charge >= 0.3 is 0 Å². The number of piperidine rings is 1. The van der Waals surface area contributed by atoms with E-state index in [9.17, 15) is 9.18 Å². The van der Waals surface area contributed by atoms with Gasteiger partial charge in [-0.3, -0.25) is 4.79 Å². The van der Waals surface area contributed by atoms with E-state index in [2.05, 4.69) is 5.32 Å². The third kappa shape index (κ3) is 2.15. The molecule has 1 atom stereocenters. The highest BCUT2D eigenvalue weighted by atomic mass is 19.1. The van der Waals surface area contributed by atoms with Crippen LogP contribution in [0.3, 0.4) is 0 Å². The van der Waals surface area contributed by atoms with E-state index in [4.69, 9.17) is 4.74 Å². The van der Waals surface area contributed by atoms with Crippen molar-refractivity contribution in [3.8, 4) is 5.75 Å². The molecule has 1 aliphatic rings. The first kappa shape index (κ1) is 10.9. The van der Waals surface area contributed by atoms with Gasteiger partial charge in [0.15, 0.2) is 0 Å². The van der Waals surface area contributed by atoms with Gasteiger partial charge in [0, 0.05) is 19.0 Å². The minimum Gasteiger partial charge on any atom is -0.497 e. The summed E-state index contributed by atoms with van der Waals surface area (Å²) in [4.78, 5) is 11.2. The Kier molecular flexibility index (Phi) is 3.08. The Morgan fingerprint density at radius 3 is 2.94 bits per heavy atom. The molecule has 0 radical (unpaired) electrons. The smallest absolute Gasteiger partial charge is 0.220 e. The van der Waals surface area contributed by atoms with Crippen LogP contribution in [0, 0.1) is 5.82 Å². The predicted octanol–water partition coefficient (Wildman–Crippen LogP) is 1.83. The van der Waals surface area contributed by atoms with E-state index in [0.717, 1.165) is 6.42 Å². The fraction of sp³-hybridized carbons (Fsp3) is 0.417. The Hall–Kier alpha value is -1.58. The Labute approximate surface area is 93.6 Å². The fourth-order valence-electron chi connectivity index (χ4n) is 2.02. The van der Waals surface area contributed by atoms with Crippen LogP contribution >= 0.6 is 0 Å². The first-order chi connectivity index (χ1) is 7.70. The number of rotatable bonds is 2. The third-order valence-electron chi connectivity index (χ3n) is 2.89. The van der Waals surface area contributed by atoms with Gasteiger partial charge in [-0.2, -0.15) is 0 Å². The molecule has 1 fully saturated rings. The molecule has 1 N–H and O–H groups in total.